The number of carbonyl (C=O) groups excluding carboxylic acids is 1. The highest BCUT2D eigenvalue weighted by atomic mass is 79.9. The summed E-state index contributed by atoms with van der Waals surface area (Å²) in [5, 5.41) is 12.3. The Morgan fingerprint density at radius 1 is 1.35 bits per heavy atom. The Kier molecular flexibility index (Phi) is 4.62. The number of hydrogen-bond donors (Lipinski definition) is 2. The van der Waals surface area contributed by atoms with E-state index in [2.05, 4.69) is 21.2 Å². The zero-order valence-electron chi connectivity index (χ0n) is 10.5. The van der Waals surface area contributed by atoms with E-state index in [-0.39, 0.29) is 21.7 Å². The molecule has 106 valence electrons. The summed E-state index contributed by atoms with van der Waals surface area (Å²) in [6.45, 7) is 2.61. The largest absolute Gasteiger partial charge is 0.505 e. The Morgan fingerprint density at radius 3 is 2.50 bits per heavy atom. The molecule has 0 saturated heterocycles. The summed E-state index contributed by atoms with van der Waals surface area (Å²) in [6, 6.07) is 4.60. The molecule has 2 N–H and O–H groups in total. The van der Waals surface area contributed by atoms with Crippen LogP contribution in [-0.2, 0) is 6.54 Å². The van der Waals surface area contributed by atoms with Crippen molar-refractivity contribution in [3.8, 4) is 5.75 Å². The van der Waals surface area contributed by atoms with Crippen molar-refractivity contribution in [2.24, 2.45) is 0 Å². The van der Waals surface area contributed by atoms with Gasteiger partial charge in [-0.2, -0.15) is 0 Å². The summed E-state index contributed by atoms with van der Waals surface area (Å²) in [7, 11) is 0. The van der Waals surface area contributed by atoms with Crippen LogP contribution in [-0.4, -0.2) is 15.6 Å². The minimum atomic E-state index is -0.282. The predicted molar refractivity (Wildman–Crippen MR) is 83.9 cm³/mol. The van der Waals surface area contributed by atoms with Crippen molar-refractivity contribution < 1.29 is 9.90 Å². The number of aryl methyl sites for hydroxylation is 1. The number of nitrogens with zero attached hydrogens (tertiary/aromatic N) is 1. The number of carbonyl (C=O) groups is 1. The van der Waals surface area contributed by atoms with Gasteiger partial charge in [-0.25, -0.2) is 0 Å². The summed E-state index contributed by atoms with van der Waals surface area (Å²) in [6.07, 6.45) is 1.83. The number of aromatic nitrogens is 1. The molecule has 0 fully saturated rings. The summed E-state index contributed by atoms with van der Waals surface area (Å²) in [4.78, 5) is 12.2. The van der Waals surface area contributed by atoms with E-state index in [1.54, 1.807) is 6.07 Å². The summed E-state index contributed by atoms with van der Waals surface area (Å²) >= 11 is 15.0. The maximum atomic E-state index is 12.2. The van der Waals surface area contributed by atoms with Crippen molar-refractivity contribution in [3.05, 3.63) is 44.6 Å². The van der Waals surface area contributed by atoms with E-state index < -0.39 is 0 Å². The normalized spacial score (nSPS) is 10.6. The molecule has 2 rings (SSSR count). The zero-order valence-corrected chi connectivity index (χ0v) is 13.6. The van der Waals surface area contributed by atoms with Gasteiger partial charge in [0.15, 0.2) is 5.75 Å². The van der Waals surface area contributed by atoms with Crippen LogP contribution in [0.25, 0.3) is 0 Å². The van der Waals surface area contributed by atoms with Crippen molar-refractivity contribution in [2.75, 3.05) is 5.32 Å². The maximum absolute atomic E-state index is 12.2. The molecule has 1 aromatic heterocycles. The van der Waals surface area contributed by atoms with Crippen molar-refractivity contribution in [1.29, 1.82) is 0 Å². The van der Waals surface area contributed by atoms with Crippen LogP contribution in [0.5, 0.6) is 5.75 Å². The molecule has 0 bridgehead atoms. The number of phenols is 1. The van der Waals surface area contributed by atoms with Gasteiger partial charge in [0.25, 0.3) is 5.91 Å². The van der Waals surface area contributed by atoms with Gasteiger partial charge < -0.3 is 15.0 Å². The maximum Gasteiger partial charge on any atom is 0.272 e. The number of hydrogen-bond acceptors (Lipinski definition) is 2. The number of rotatable bonds is 3. The smallest absolute Gasteiger partial charge is 0.272 e. The number of halogens is 3. The molecule has 0 atom stereocenters. The Bertz CT molecular complexity index is 647. The van der Waals surface area contributed by atoms with Crippen LogP contribution in [0.2, 0.25) is 10.0 Å². The second-order valence-electron chi connectivity index (χ2n) is 4.07. The van der Waals surface area contributed by atoms with Gasteiger partial charge >= 0.3 is 0 Å². The summed E-state index contributed by atoms with van der Waals surface area (Å²) in [5.74, 6) is -0.485. The highest BCUT2D eigenvalue weighted by molar-refractivity contribution is 9.10. The average Bonchev–Trinajstić information content (AvgIpc) is 2.77. The Morgan fingerprint density at radius 2 is 1.95 bits per heavy atom. The average molecular weight is 378 g/mol. The van der Waals surface area contributed by atoms with Crippen molar-refractivity contribution >= 4 is 50.7 Å². The molecule has 4 nitrogen and oxygen atoms in total. The van der Waals surface area contributed by atoms with E-state index >= 15 is 0 Å². The lowest BCUT2D eigenvalue weighted by Crippen LogP contribution is -2.16. The third kappa shape index (κ3) is 3.11. The van der Waals surface area contributed by atoms with Gasteiger partial charge in [-0.05, 0) is 41.1 Å². The van der Waals surface area contributed by atoms with Gasteiger partial charge in [-0.3, -0.25) is 4.79 Å². The Labute approximate surface area is 134 Å². The topological polar surface area (TPSA) is 54.3 Å². The van der Waals surface area contributed by atoms with E-state index in [0.29, 0.717) is 17.9 Å². The van der Waals surface area contributed by atoms with Crippen LogP contribution in [0.15, 0.2) is 28.9 Å². The van der Waals surface area contributed by atoms with Crippen LogP contribution >= 0.6 is 39.1 Å². The van der Waals surface area contributed by atoms with Crippen LogP contribution in [0, 0.1) is 0 Å². The second-order valence-corrected chi connectivity index (χ2v) is 5.80. The third-order valence-electron chi connectivity index (χ3n) is 2.71. The number of anilines is 1. The lowest BCUT2D eigenvalue weighted by atomic mass is 10.3. The van der Waals surface area contributed by atoms with Crippen LogP contribution in [0.3, 0.4) is 0 Å². The standard InChI is InChI=1S/C13H11BrCl2N2O2/c1-2-18-6-7(14)3-11(18)13(20)17-8-4-9(15)12(19)10(16)5-8/h3-6,19H,2H2,1H3,(H,17,20). The van der Waals surface area contributed by atoms with E-state index in [0.717, 1.165) is 4.47 Å². The van der Waals surface area contributed by atoms with Gasteiger partial charge in [0.1, 0.15) is 5.69 Å². The highest BCUT2D eigenvalue weighted by Gasteiger charge is 2.14. The van der Waals surface area contributed by atoms with E-state index in [1.165, 1.54) is 12.1 Å². The molecular formula is C13H11BrCl2N2O2. The highest BCUT2D eigenvalue weighted by Crippen LogP contribution is 2.34. The van der Waals surface area contributed by atoms with E-state index in [4.69, 9.17) is 23.2 Å². The summed E-state index contributed by atoms with van der Waals surface area (Å²) < 4.78 is 2.63. The molecule has 0 aliphatic heterocycles. The molecule has 0 aliphatic rings. The Balaban J connectivity index is 2.28. The fourth-order valence-electron chi connectivity index (χ4n) is 1.76. The predicted octanol–water partition coefficient (Wildman–Crippen LogP) is 4.54. The van der Waals surface area contributed by atoms with Gasteiger partial charge in [0.05, 0.1) is 10.0 Å². The number of benzene rings is 1. The molecule has 7 heteroatoms. The first-order valence-corrected chi connectivity index (χ1v) is 7.32. The van der Waals surface area contributed by atoms with Gasteiger partial charge in [0.2, 0.25) is 0 Å². The lowest BCUT2D eigenvalue weighted by Gasteiger charge is -2.09. The number of phenolic OH excluding ortho intramolecular Hbond substituents is 1. The van der Waals surface area contributed by atoms with Gasteiger partial charge in [0, 0.05) is 22.9 Å². The zero-order chi connectivity index (χ0) is 14.9. The lowest BCUT2D eigenvalue weighted by molar-refractivity contribution is 0.101. The Hall–Kier alpha value is -1.17. The molecule has 20 heavy (non-hydrogen) atoms. The van der Waals surface area contributed by atoms with Gasteiger partial charge in [-0.15, -0.1) is 0 Å². The van der Waals surface area contributed by atoms with Crippen molar-refractivity contribution in [2.45, 2.75) is 13.5 Å². The molecular weight excluding hydrogens is 367 g/mol. The van der Waals surface area contributed by atoms with Crippen LogP contribution in [0.4, 0.5) is 5.69 Å². The quantitative estimate of drug-likeness (QED) is 0.771. The molecule has 1 heterocycles. The SMILES string of the molecule is CCn1cc(Br)cc1C(=O)Nc1cc(Cl)c(O)c(Cl)c1. The monoisotopic (exact) mass is 376 g/mol. The molecule has 0 unspecified atom stereocenters. The number of nitrogens with one attached hydrogen (secondary N) is 1. The first-order chi connectivity index (χ1) is 9.42. The number of aromatic hydroxyl groups is 1. The minimum absolute atomic E-state index is 0.0832. The first kappa shape index (κ1) is 15.2. The van der Waals surface area contributed by atoms with Crippen LogP contribution in [0.1, 0.15) is 17.4 Å². The minimum Gasteiger partial charge on any atom is -0.505 e. The molecule has 1 amide bonds. The second kappa shape index (κ2) is 6.08. The van der Waals surface area contributed by atoms with Gasteiger partial charge in [-0.1, -0.05) is 23.2 Å². The van der Waals surface area contributed by atoms with Crippen molar-refractivity contribution in [1.82, 2.24) is 4.57 Å². The molecule has 0 aliphatic carbocycles. The number of amides is 1. The van der Waals surface area contributed by atoms with Crippen molar-refractivity contribution in [3.63, 3.8) is 0 Å². The molecule has 0 radical (unpaired) electrons. The molecule has 1 aromatic carbocycles. The molecule has 2 aromatic rings. The third-order valence-corrected chi connectivity index (χ3v) is 3.72. The molecule has 0 spiro atoms. The molecule has 0 saturated carbocycles. The van der Waals surface area contributed by atoms with Crippen LogP contribution < -0.4 is 5.32 Å². The fraction of sp³-hybridized carbons (Fsp3) is 0.154. The van der Waals surface area contributed by atoms with E-state index in [9.17, 15) is 9.90 Å². The fourth-order valence-corrected chi connectivity index (χ4v) is 2.71. The van der Waals surface area contributed by atoms with E-state index in [1.807, 2.05) is 17.7 Å². The summed E-state index contributed by atoms with van der Waals surface area (Å²) in [5.41, 5.74) is 0.933. The first-order valence-electron chi connectivity index (χ1n) is 5.77.